The molecule has 1 aliphatic heterocycles. The lowest BCUT2D eigenvalue weighted by Gasteiger charge is -2.39. The standard InChI is InChI=1S/C20H22N2O6/c21-12-5-7-13(8-6-12)22-14-4-2-1-3-11(14)9-16(22)28-19-18(25)17(24)15(10-23)27-20(19)26/h1-9,15,17-20,23-26H,10,21H2/t15-,17-,18+,19+,20?/m1/s1. The van der Waals surface area contributed by atoms with Crippen molar-refractivity contribution in [1.82, 2.24) is 4.57 Å². The molecule has 1 aliphatic rings. The minimum atomic E-state index is -1.52. The zero-order valence-electron chi connectivity index (χ0n) is 14.9. The number of benzene rings is 2. The highest BCUT2D eigenvalue weighted by atomic mass is 16.7. The molecule has 0 radical (unpaired) electrons. The van der Waals surface area contributed by atoms with Crippen molar-refractivity contribution in [3.8, 4) is 11.6 Å². The number of nitrogens with two attached hydrogens (primary N) is 1. The molecule has 0 aliphatic carbocycles. The molecule has 1 saturated heterocycles. The highest BCUT2D eigenvalue weighted by Crippen LogP contribution is 2.32. The van der Waals surface area contributed by atoms with Gasteiger partial charge in [-0.15, -0.1) is 0 Å². The van der Waals surface area contributed by atoms with Crippen LogP contribution in [0.1, 0.15) is 0 Å². The Balaban J connectivity index is 1.75. The number of para-hydroxylation sites is 1. The van der Waals surface area contributed by atoms with E-state index in [2.05, 4.69) is 0 Å². The number of aliphatic hydroxyl groups excluding tert-OH is 4. The number of rotatable bonds is 4. The molecule has 0 bridgehead atoms. The Morgan fingerprint density at radius 1 is 1.00 bits per heavy atom. The number of nitrogen functional groups attached to an aromatic ring is 1. The first-order valence-electron chi connectivity index (χ1n) is 8.93. The van der Waals surface area contributed by atoms with Gasteiger partial charge in [0, 0.05) is 22.8 Å². The number of hydrogen-bond donors (Lipinski definition) is 5. The summed E-state index contributed by atoms with van der Waals surface area (Å²) in [6, 6.07) is 16.6. The molecule has 3 aromatic rings. The third-order valence-electron chi connectivity index (χ3n) is 4.93. The Morgan fingerprint density at radius 2 is 1.71 bits per heavy atom. The Kier molecular flexibility index (Phi) is 4.96. The van der Waals surface area contributed by atoms with Crippen molar-refractivity contribution in [3.63, 3.8) is 0 Å². The van der Waals surface area contributed by atoms with Crippen molar-refractivity contribution in [2.45, 2.75) is 30.7 Å². The van der Waals surface area contributed by atoms with Gasteiger partial charge in [0.2, 0.25) is 0 Å². The van der Waals surface area contributed by atoms with Gasteiger partial charge >= 0.3 is 0 Å². The van der Waals surface area contributed by atoms with E-state index in [1.54, 1.807) is 18.2 Å². The average molecular weight is 386 g/mol. The third kappa shape index (κ3) is 3.21. The van der Waals surface area contributed by atoms with Crippen LogP contribution in [0.4, 0.5) is 5.69 Å². The topological polar surface area (TPSA) is 130 Å². The maximum Gasteiger partial charge on any atom is 0.199 e. The molecular formula is C20H22N2O6. The molecule has 1 fully saturated rings. The van der Waals surface area contributed by atoms with Gasteiger partial charge in [-0.2, -0.15) is 0 Å². The highest BCUT2D eigenvalue weighted by Gasteiger charge is 2.45. The number of ether oxygens (including phenoxy) is 2. The zero-order valence-corrected chi connectivity index (χ0v) is 14.9. The van der Waals surface area contributed by atoms with E-state index in [0.29, 0.717) is 11.6 Å². The molecule has 8 nitrogen and oxygen atoms in total. The lowest BCUT2D eigenvalue weighted by Crippen LogP contribution is -2.60. The van der Waals surface area contributed by atoms with Crippen molar-refractivity contribution in [2.24, 2.45) is 0 Å². The number of aromatic nitrogens is 1. The second kappa shape index (κ2) is 7.42. The minimum absolute atomic E-state index is 0.354. The largest absolute Gasteiger partial charge is 0.467 e. The van der Waals surface area contributed by atoms with E-state index in [0.717, 1.165) is 16.6 Å². The molecule has 1 unspecified atom stereocenters. The second-order valence-corrected chi connectivity index (χ2v) is 6.78. The molecule has 0 saturated carbocycles. The minimum Gasteiger partial charge on any atom is -0.467 e. The lowest BCUT2D eigenvalue weighted by molar-refractivity contribution is -0.281. The van der Waals surface area contributed by atoms with Gasteiger partial charge in [-0.3, -0.25) is 4.57 Å². The summed E-state index contributed by atoms with van der Waals surface area (Å²) in [5.74, 6) is 0.354. The quantitative estimate of drug-likeness (QED) is 0.410. The van der Waals surface area contributed by atoms with Crippen LogP contribution in [0.25, 0.3) is 16.6 Å². The summed E-state index contributed by atoms with van der Waals surface area (Å²) in [5.41, 5.74) is 8.04. The van der Waals surface area contributed by atoms with Crippen LogP contribution < -0.4 is 10.5 Å². The fraction of sp³-hybridized carbons (Fsp3) is 0.300. The summed E-state index contributed by atoms with van der Waals surface area (Å²) in [4.78, 5) is 0. The fourth-order valence-electron chi connectivity index (χ4n) is 3.44. The first-order valence-corrected chi connectivity index (χ1v) is 8.93. The van der Waals surface area contributed by atoms with E-state index >= 15 is 0 Å². The first-order chi connectivity index (χ1) is 13.5. The number of fused-ring (bicyclic) bond motifs is 1. The zero-order chi connectivity index (χ0) is 19.8. The molecule has 0 amide bonds. The Morgan fingerprint density at radius 3 is 2.43 bits per heavy atom. The van der Waals surface area contributed by atoms with Crippen LogP contribution in [0.15, 0.2) is 54.6 Å². The second-order valence-electron chi connectivity index (χ2n) is 6.78. The fourth-order valence-corrected chi connectivity index (χ4v) is 3.44. The summed E-state index contributed by atoms with van der Waals surface area (Å²) in [5, 5.41) is 40.9. The van der Waals surface area contributed by atoms with Crippen LogP contribution in [0, 0.1) is 0 Å². The number of nitrogens with zero attached hydrogens (tertiary/aromatic N) is 1. The average Bonchev–Trinajstić information content (AvgIpc) is 3.06. The van der Waals surface area contributed by atoms with Gasteiger partial charge in [-0.05, 0) is 30.3 Å². The summed E-state index contributed by atoms with van der Waals surface area (Å²) < 4.78 is 12.9. The van der Waals surface area contributed by atoms with Gasteiger partial charge in [0.25, 0.3) is 0 Å². The van der Waals surface area contributed by atoms with E-state index < -0.39 is 37.3 Å². The van der Waals surface area contributed by atoms with Crippen molar-refractivity contribution in [3.05, 3.63) is 54.6 Å². The van der Waals surface area contributed by atoms with E-state index in [-0.39, 0.29) is 0 Å². The van der Waals surface area contributed by atoms with Crippen molar-refractivity contribution < 1.29 is 29.9 Å². The Hall–Kier alpha value is -2.62. The highest BCUT2D eigenvalue weighted by molar-refractivity contribution is 5.84. The Labute approximate surface area is 161 Å². The Bertz CT molecular complexity index is 957. The predicted octanol–water partition coefficient (Wildman–Crippen LogP) is 0.391. The summed E-state index contributed by atoms with van der Waals surface area (Å²) in [7, 11) is 0. The lowest BCUT2D eigenvalue weighted by atomic mass is 9.99. The van der Waals surface area contributed by atoms with Crippen LogP contribution in [-0.4, -0.2) is 62.3 Å². The smallest absolute Gasteiger partial charge is 0.199 e. The molecule has 0 spiro atoms. The van der Waals surface area contributed by atoms with Crippen molar-refractivity contribution >= 4 is 16.6 Å². The van der Waals surface area contributed by atoms with Gasteiger partial charge in [-0.25, -0.2) is 0 Å². The summed E-state index contributed by atoms with van der Waals surface area (Å²) >= 11 is 0. The number of hydrogen-bond acceptors (Lipinski definition) is 7. The first kappa shape index (κ1) is 18.7. The monoisotopic (exact) mass is 386 g/mol. The third-order valence-corrected chi connectivity index (χ3v) is 4.93. The van der Waals surface area contributed by atoms with Crippen molar-refractivity contribution in [2.75, 3.05) is 12.3 Å². The molecule has 4 rings (SSSR count). The molecule has 5 atom stereocenters. The maximum absolute atomic E-state index is 10.4. The van der Waals surface area contributed by atoms with Gasteiger partial charge in [0.1, 0.15) is 18.3 Å². The molecule has 148 valence electrons. The normalized spacial score (nSPS) is 27.8. The van der Waals surface area contributed by atoms with E-state index in [9.17, 15) is 20.4 Å². The molecule has 6 N–H and O–H groups in total. The molecule has 2 aromatic carbocycles. The summed E-state index contributed by atoms with van der Waals surface area (Å²) in [6.07, 6.45) is -6.69. The van der Waals surface area contributed by atoms with Crippen LogP contribution in [0.3, 0.4) is 0 Å². The van der Waals surface area contributed by atoms with Gasteiger partial charge < -0.3 is 35.6 Å². The van der Waals surface area contributed by atoms with Crippen LogP contribution in [0.2, 0.25) is 0 Å². The molecule has 28 heavy (non-hydrogen) atoms. The van der Waals surface area contributed by atoms with Gasteiger partial charge in [0.05, 0.1) is 12.1 Å². The van der Waals surface area contributed by atoms with E-state index in [1.807, 2.05) is 41.0 Å². The molecule has 1 aromatic heterocycles. The van der Waals surface area contributed by atoms with E-state index in [1.165, 1.54) is 0 Å². The van der Waals surface area contributed by atoms with Crippen LogP contribution >= 0.6 is 0 Å². The van der Waals surface area contributed by atoms with Gasteiger partial charge in [0.15, 0.2) is 18.3 Å². The maximum atomic E-state index is 10.4. The van der Waals surface area contributed by atoms with E-state index in [4.69, 9.17) is 15.2 Å². The van der Waals surface area contributed by atoms with Gasteiger partial charge in [-0.1, -0.05) is 18.2 Å². The van der Waals surface area contributed by atoms with Crippen LogP contribution in [-0.2, 0) is 4.74 Å². The number of aliphatic hydroxyl groups is 4. The predicted molar refractivity (Wildman–Crippen MR) is 102 cm³/mol. The molecule has 2 heterocycles. The molecular weight excluding hydrogens is 364 g/mol. The SMILES string of the molecule is Nc1ccc(-n2c(O[C@@H]3C(O)O[C@H](CO)[C@@H](O)[C@@H]3O)cc3ccccc32)cc1. The van der Waals surface area contributed by atoms with Crippen molar-refractivity contribution in [1.29, 1.82) is 0 Å². The molecule has 8 heteroatoms. The summed E-state index contributed by atoms with van der Waals surface area (Å²) in [6.45, 7) is -0.534. The van der Waals surface area contributed by atoms with Crippen LogP contribution in [0.5, 0.6) is 5.88 Å². The number of anilines is 1.